The zero-order valence-corrected chi connectivity index (χ0v) is 24.6. The molecule has 0 spiro atoms. The van der Waals surface area contributed by atoms with Crippen LogP contribution in [0.25, 0.3) is 0 Å². The summed E-state index contributed by atoms with van der Waals surface area (Å²) in [5, 5.41) is 0. The summed E-state index contributed by atoms with van der Waals surface area (Å²) in [6.45, 7) is 6.67. The molecule has 0 aromatic rings. The Morgan fingerprint density at radius 3 is 1.97 bits per heavy atom. The van der Waals surface area contributed by atoms with Gasteiger partial charge in [0.1, 0.15) is 12.2 Å². The largest absolute Gasteiger partial charge is 0.472 e. The molecule has 0 unspecified atom stereocenters. The van der Waals surface area contributed by atoms with Crippen molar-refractivity contribution in [1.82, 2.24) is 0 Å². The molecule has 13 nitrogen and oxygen atoms in total. The monoisotopic (exact) mass is 668 g/mol. The Labute approximate surface area is 239 Å². The van der Waals surface area contributed by atoms with Crippen molar-refractivity contribution in [1.29, 1.82) is 0 Å². The molecule has 0 bridgehead atoms. The van der Waals surface area contributed by atoms with Gasteiger partial charge in [-0.2, -0.15) is 0 Å². The molecule has 3 aliphatic rings. The third-order valence-electron chi connectivity index (χ3n) is 6.84. The minimum absolute atomic E-state index is 0.266. The number of carbonyl (C=O) groups is 5. The van der Waals surface area contributed by atoms with E-state index >= 15 is 0 Å². The van der Waals surface area contributed by atoms with Crippen molar-refractivity contribution in [3.8, 4) is 0 Å². The first kappa shape index (κ1) is 31.1. The maximum Gasteiger partial charge on any atom is 0.337 e. The van der Waals surface area contributed by atoms with Crippen LogP contribution in [-0.2, 0) is 61.9 Å². The number of halogens is 1. The molecule has 0 N–H and O–H groups in total. The van der Waals surface area contributed by atoms with E-state index in [1.165, 1.54) is 34.1 Å². The second-order valence-corrected chi connectivity index (χ2v) is 10.4. The summed E-state index contributed by atoms with van der Waals surface area (Å²) in [5.74, 6) is -4.37. The van der Waals surface area contributed by atoms with Gasteiger partial charge < -0.3 is 37.9 Å². The summed E-state index contributed by atoms with van der Waals surface area (Å²) in [5.41, 5.74) is 0.266. The van der Waals surface area contributed by atoms with Crippen LogP contribution in [0.1, 0.15) is 41.0 Å². The number of hydrogen-bond donors (Lipinski definition) is 0. The molecule has 0 aromatic heterocycles. The van der Waals surface area contributed by atoms with Gasteiger partial charge in [-0.05, 0) is 6.42 Å². The van der Waals surface area contributed by atoms with Gasteiger partial charge in [0.25, 0.3) is 0 Å². The van der Waals surface area contributed by atoms with E-state index in [0.29, 0.717) is 10.8 Å². The summed E-state index contributed by atoms with van der Waals surface area (Å²) in [6.07, 6.45) is -5.78. The third kappa shape index (κ3) is 7.20. The molecule has 14 heteroatoms. The van der Waals surface area contributed by atoms with Crippen molar-refractivity contribution in [3.05, 3.63) is 11.8 Å². The lowest BCUT2D eigenvalue weighted by molar-refractivity contribution is -0.339. The highest BCUT2D eigenvalue weighted by molar-refractivity contribution is 14.1. The van der Waals surface area contributed by atoms with Crippen molar-refractivity contribution in [3.63, 3.8) is 0 Å². The first-order valence-electron chi connectivity index (χ1n) is 12.4. The number of hydrogen-bond acceptors (Lipinski definition) is 13. The molecular formula is C25H33IO13. The molecule has 0 radical (unpaired) electrons. The first-order chi connectivity index (χ1) is 18.4. The van der Waals surface area contributed by atoms with E-state index in [4.69, 9.17) is 37.9 Å². The Kier molecular flexibility index (Phi) is 10.6. The van der Waals surface area contributed by atoms with Crippen molar-refractivity contribution in [2.75, 3.05) is 11.5 Å². The zero-order valence-electron chi connectivity index (χ0n) is 22.5. The van der Waals surface area contributed by atoms with E-state index in [1.54, 1.807) is 0 Å². The Morgan fingerprint density at radius 2 is 1.44 bits per heavy atom. The number of carbonyl (C=O) groups excluding carboxylic acids is 5. The predicted octanol–water partition coefficient (Wildman–Crippen LogP) is 1.58. The number of ether oxygens (including phenoxy) is 8. The van der Waals surface area contributed by atoms with Crippen LogP contribution in [0.15, 0.2) is 11.8 Å². The van der Waals surface area contributed by atoms with Gasteiger partial charge in [-0.15, -0.1) is 0 Å². The summed E-state index contributed by atoms with van der Waals surface area (Å²) in [6, 6.07) is 0. The van der Waals surface area contributed by atoms with Crippen LogP contribution in [0.2, 0.25) is 0 Å². The average molecular weight is 668 g/mol. The van der Waals surface area contributed by atoms with Gasteiger partial charge >= 0.3 is 29.8 Å². The van der Waals surface area contributed by atoms with E-state index in [1.807, 2.05) is 29.5 Å². The number of alkyl halides is 1. The normalized spacial score (nSPS) is 35.4. The zero-order chi connectivity index (χ0) is 29.0. The number of esters is 5. The summed E-state index contributed by atoms with van der Waals surface area (Å²) < 4.78 is 45.3. The van der Waals surface area contributed by atoms with Crippen LogP contribution in [0.5, 0.6) is 0 Å². The predicted molar refractivity (Wildman–Crippen MR) is 137 cm³/mol. The third-order valence-corrected chi connectivity index (χ3v) is 7.71. The van der Waals surface area contributed by atoms with E-state index < -0.39 is 84.8 Å². The van der Waals surface area contributed by atoms with Crippen LogP contribution in [0, 0.1) is 17.8 Å². The highest BCUT2D eigenvalue weighted by Gasteiger charge is 2.57. The van der Waals surface area contributed by atoms with Crippen molar-refractivity contribution >= 4 is 52.4 Å². The Balaban J connectivity index is 1.97. The van der Waals surface area contributed by atoms with Gasteiger partial charge in [-0.3, -0.25) is 19.2 Å². The Hall–Kier alpha value is -2.46. The van der Waals surface area contributed by atoms with Crippen LogP contribution in [0.4, 0.5) is 0 Å². The topological polar surface area (TPSA) is 159 Å². The van der Waals surface area contributed by atoms with Gasteiger partial charge in [0.05, 0.1) is 18.9 Å². The SMILES string of the molecule is COC(=O)C1=CO[C@@H](O[C@@H]2O[C@H](CI)[C@@H](OC(C)=O)[C@H](OC(C)=O)[C@H]2OC(C)=O)[C@@H]2[C@@H](C)[C@@H](OC(C)=O)C[C@H]12. The molecule has 39 heavy (non-hydrogen) atoms. The maximum atomic E-state index is 12.5. The van der Waals surface area contributed by atoms with E-state index in [-0.39, 0.29) is 11.5 Å². The van der Waals surface area contributed by atoms with Gasteiger partial charge in [-0.1, -0.05) is 29.5 Å². The van der Waals surface area contributed by atoms with Gasteiger partial charge in [0.2, 0.25) is 12.6 Å². The second-order valence-electron chi connectivity index (χ2n) is 9.55. The molecule has 2 heterocycles. The molecule has 218 valence electrons. The molecule has 2 aliphatic heterocycles. The maximum absolute atomic E-state index is 12.5. The molecule has 1 aliphatic carbocycles. The summed E-state index contributed by atoms with van der Waals surface area (Å²) in [4.78, 5) is 60.1. The first-order valence-corrected chi connectivity index (χ1v) is 13.9. The highest BCUT2D eigenvalue weighted by Crippen LogP contribution is 2.49. The minimum atomic E-state index is -1.33. The molecule has 1 saturated heterocycles. The van der Waals surface area contributed by atoms with Gasteiger partial charge in [0.15, 0.2) is 18.3 Å². The number of fused-ring (bicyclic) bond motifs is 1. The fourth-order valence-electron chi connectivity index (χ4n) is 5.36. The smallest absolute Gasteiger partial charge is 0.337 e. The minimum Gasteiger partial charge on any atom is -0.472 e. The van der Waals surface area contributed by atoms with Gasteiger partial charge in [0, 0.05) is 49.9 Å². The number of methoxy groups -OCH3 is 1. The lowest BCUT2D eigenvalue weighted by Gasteiger charge is -2.45. The van der Waals surface area contributed by atoms with Crippen LogP contribution < -0.4 is 0 Å². The molecular weight excluding hydrogens is 635 g/mol. The van der Waals surface area contributed by atoms with Crippen molar-refractivity contribution in [2.45, 2.75) is 84.1 Å². The average Bonchev–Trinajstić information content (AvgIpc) is 3.16. The van der Waals surface area contributed by atoms with Crippen LogP contribution in [0.3, 0.4) is 0 Å². The van der Waals surface area contributed by atoms with Crippen molar-refractivity contribution in [2.24, 2.45) is 17.8 Å². The quantitative estimate of drug-likeness (QED) is 0.159. The summed E-state index contributed by atoms with van der Waals surface area (Å²) in [7, 11) is 1.25. The molecule has 0 amide bonds. The fraction of sp³-hybridized carbons (Fsp3) is 0.720. The molecule has 10 atom stereocenters. The standard InChI is InChI=1S/C25H33IO13/c1-10-17(34-11(2)27)7-15-16(23(31)32-6)9-33-24(19(10)15)39-25-22(37-14(5)30)21(36-13(4)29)20(35-12(3)28)18(8-26)38-25/h9-10,15,17-22,24-25H,7-8H2,1-6H3/t10-,15+,17-,18+,19+,20+,21-,22+,24-,25-/m0/s1. The van der Waals surface area contributed by atoms with Crippen LogP contribution >= 0.6 is 22.6 Å². The lowest BCUT2D eigenvalue weighted by Crippen LogP contribution is -2.63. The van der Waals surface area contributed by atoms with Crippen LogP contribution in [-0.4, -0.2) is 84.5 Å². The Bertz CT molecular complexity index is 996. The fourth-order valence-corrected chi connectivity index (χ4v) is 6.07. The van der Waals surface area contributed by atoms with Crippen molar-refractivity contribution < 1.29 is 61.9 Å². The number of rotatable bonds is 8. The second kappa shape index (κ2) is 13.3. The van der Waals surface area contributed by atoms with Gasteiger partial charge in [-0.25, -0.2) is 4.79 Å². The van der Waals surface area contributed by atoms with E-state index in [9.17, 15) is 24.0 Å². The summed E-state index contributed by atoms with van der Waals surface area (Å²) >= 11 is 2.02. The Morgan fingerprint density at radius 1 is 0.872 bits per heavy atom. The lowest BCUT2D eigenvalue weighted by atomic mass is 9.83. The van der Waals surface area contributed by atoms with E-state index in [0.717, 1.165) is 6.92 Å². The molecule has 2 fully saturated rings. The highest BCUT2D eigenvalue weighted by atomic mass is 127. The van der Waals surface area contributed by atoms with E-state index in [2.05, 4.69) is 0 Å². The molecule has 0 aromatic carbocycles. The molecule has 3 rings (SSSR count). The molecule has 1 saturated carbocycles.